The Morgan fingerprint density at radius 3 is 2.72 bits per heavy atom. The van der Waals surface area contributed by atoms with E-state index < -0.39 is 0 Å². The van der Waals surface area contributed by atoms with Gasteiger partial charge in [-0.1, -0.05) is 18.2 Å². The molecule has 1 N–H and O–H groups in total. The summed E-state index contributed by atoms with van der Waals surface area (Å²) in [4.78, 5) is 0. The van der Waals surface area contributed by atoms with Crippen LogP contribution in [0.1, 0.15) is 12.8 Å². The molecule has 2 aliphatic rings. The second-order valence-electron chi connectivity index (χ2n) is 4.70. The van der Waals surface area contributed by atoms with Crippen molar-refractivity contribution in [2.24, 2.45) is 0 Å². The van der Waals surface area contributed by atoms with E-state index >= 15 is 0 Å². The Morgan fingerprint density at radius 2 is 1.94 bits per heavy atom. The van der Waals surface area contributed by atoms with Gasteiger partial charge in [-0.15, -0.1) is 0 Å². The maximum atomic E-state index is 6.06. The molecule has 2 saturated heterocycles. The summed E-state index contributed by atoms with van der Waals surface area (Å²) in [5, 5.41) is 3.46. The van der Waals surface area contributed by atoms with Crippen LogP contribution in [0, 0.1) is 0 Å². The lowest BCUT2D eigenvalue weighted by Crippen LogP contribution is -2.57. The summed E-state index contributed by atoms with van der Waals surface area (Å²) in [6.07, 6.45) is 2.28. The Labute approximate surface area is 108 Å². The zero-order chi connectivity index (χ0) is 12.2. The summed E-state index contributed by atoms with van der Waals surface area (Å²) in [5.74, 6) is 1.04. The van der Waals surface area contributed by atoms with Crippen LogP contribution in [-0.4, -0.2) is 38.9 Å². The zero-order valence-corrected chi connectivity index (χ0v) is 10.4. The van der Waals surface area contributed by atoms with Crippen molar-refractivity contribution in [1.29, 1.82) is 0 Å². The summed E-state index contributed by atoms with van der Waals surface area (Å²) < 4.78 is 17.2. The van der Waals surface area contributed by atoms with Crippen LogP contribution in [0.3, 0.4) is 0 Å². The molecule has 2 atom stereocenters. The summed E-state index contributed by atoms with van der Waals surface area (Å²) in [7, 11) is -0.168. The molecule has 2 heterocycles. The lowest BCUT2D eigenvalue weighted by Gasteiger charge is -2.33. The highest BCUT2D eigenvalue weighted by Gasteiger charge is 2.41. The molecule has 0 aromatic heterocycles. The first-order valence-electron chi connectivity index (χ1n) is 6.62. The normalized spacial score (nSPS) is 28.3. The molecule has 2 aliphatic heterocycles. The molecule has 5 heteroatoms. The van der Waals surface area contributed by atoms with Gasteiger partial charge in [0.2, 0.25) is 0 Å². The molecule has 0 aliphatic carbocycles. The maximum absolute atomic E-state index is 6.06. The second kappa shape index (κ2) is 5.74. The molecule has 3 rings (SSSR count). The highest BCUT2D eigenvalue weighted by Crippen LogP contribution is 2.21. The van der Waals surface area contributed by atoms with Crippen molar-refractivity contribution in [2.45, 2.75) is 24.9 Å². The van der Waals surface area contributed by atoms with Gasteiger partial charge in [0, 0.05) is 0 Å². The molecule has 0 radical (unpaired) electrons. The summed E-state index contributed by atoms with van der Waals surface area (Å²) in [6, 6.07) is 9.95. The van der Waals surface area contributed by atoms with Crippen LogP contribution < -0.4 is 10.1 Å². The minimum atomic E-state index is -0.168. The molecule has 1 aromatic carbocycles. The molecular weight excluding hydrogens is 229 g/mol. The van der Waals surface area contributed by atoms with Crippen LogP contribution >= 0.6 is 0 Å². The maximum Gasteiger partial charge on any atom is 0.479 e. The molecule has 2 unspecified atom stereocenters. The van der Waals surface area contributed by atoms with Crippen LogP contribution in [0.4, 0.5) is 0 Å². The van der Waals surface area contributed by atoms with E-state index in [1.165, 1.54) is 0 Å². The predicted molar refractivity (Wildman–Crippen MR) is 69.5 cm³/mol. The molecule has 0 saturated carbocycles. The largest absolute Gasteiger partial charge is 0.489 e. The van der Waals surface area contributed by atoms with Gasteiger partial charge in [0.1, 0.15) is 11.9 Å². The molecule has 1 aromatic rings. The van der Waals surface area contributed by atoms with E-state index in [1.54, 1.807) is 0 Å². The van der Waals surface area contributed by atoms with Gasteiger partial charge >= 0.3 is 7.12 Å². The van der Waals surface area contributed by atoms with Crippen LogP contribution in [0.2, 0.25) is 0 Å². The van der Waals surface area contributed by atoms with E-state index in [2.05, 4.69) is 5.32 Å². The minimum Gasteiger partial charge on any atom is -0.489 e. The third-order valence-corrected chi connectivity index (χ3v) is 3.42. The average Bonchev–Trinajstić information content (AvgIpc) is 2.94. The van der Waals surface area contributed by atoms with Gasteiger partial charge in [-0.25, -0.2) is 0 Å². The first kappa shape index (κ1) is 12.0. The topological polar surface area (TPSA) is 39.7 Å². The van der Waals surface area contributed by atoms with Crippen molar-refractivity contribution in [3.8, 4) is 5.75 Å². The Balaban J connectivity index is 1.67. The van der Waals surface area contributed by atoms with Gasteiger partial charge in [0.15, 0.2) is 0 Å². The monoisotopic (exact) mass is 247 g/mol. The standard InChI is InChI=1S/C13H18BNO3/c1-2-5-11(6-3-1)18-12-7-4-8-15-13(12)14-16-9-10-17-14/h1-3,5-6,12-13,15H,4,7-10H2. The lowest BCUT2D eigenvalue weighted by molar-refractivity contribution is 0.133. The van der Waals surface area contributed by atoms with Gasteiger partial charge < -0.3 is 19.4 Å². The predicted octanol–water partition coefficient (Wildman–Crippen LogP) is 1.26. The van der Waals surface area contributed by atoms with E-state index in [0.717, 1.165) is 25.1 Å². The van der Waals surface area contributed by atoms with E-state index in [-0.39, 0.29) is 19.2 Å². The Kier molecular flexibility index (Phi) is 3.83. The molecule has 0 bridgehead atoms. The van der Waals surface area contributed by atoms with E-state index in [9.17, 15) is 0 Å². The van der Waals surface area contributed by atoms with Gasteiger partial charge in [-0.3, -0.25) is 0 Å². The minimum absolute atomic E-state index is 0.115. The summed E-state index contributed by atoms with van der Waals surface area (Å²) >= 11 is 0. The Morgan fingerprint density at radius 1 is 1.17 bits per heavy atom. The van der Waals surface area contributed by atoms with Gasteiger partial charge in [0.25, 0.3) is 0 Å². The smallest absolute Gasteiger partial charge is 0.479 e. The van der Waals surface area contributed by atoms with Crippen LogP contribution in [0.15, 0.2) is 30.3 Å². The zero-order valence-electron chi connectivity index (χ0n) is 10.4. The number of hydrogen-bond acceptors (Lipinski definition) is 4. The molecule has 4 nitrogen and oxygen atoms in total. The first-order valence-corrected chi connectivity index (χ1v) is 6.62. The Bertz CT molecular complexity index is 370. The fourth-order valence-electron chi connectivity index (χ4n) is 2.54. The number of para-hydroxylation sites is 1. The van der Waals surface area contributed by atoms with Crippen molar-refractivity contribution in [1.82, 2.24) is 5.32 Å². The number of hydrogen-bond donors (Lipinski definition) is 1. The number of benzene rings is 1. The highest BCUT2D eigenvalue weighted by molar-refractivity contribution is 6.47. The molecule has 2 fully saturated rings. The fourth-order valence-corrected chi connectivity index (χ4v) is 2.54. The first-order chi connectivity index (χ1) is 8.93. The van der Waals surface area contributed by atoms with E-state index in [4.69, 9.17) is 14.0 Å². The molecule has 0 amide bonds. The number of ether oxygens (including phenoxy) is 1. The SMILES string of the molecule is c1ccc(OC2CCCNC2B2OCCO2)cc1. The quantitative estimate of drug-likeness (QED) is 0.816. The lowest BCUT2D eigenvalue weighted by atomic mass is 9.72. The Hall–Kier alpha value is -1.04. The van der Waals surface area contributed by atoms with Crippen molar-refractivity contribution in [2.75, 3.05) is 19.8 Å². The van der Waals surface area contributed by atoms with Crippen LogP contribution in [0.5, 0.6) is 5.75 Å². The van der Waals surface area contributed by atoms with Crippen molar-refractivity contribution >= 4 is 7.12 Å². The van der Waals surface area contributed by atoms with Crippen LogP contribution in [-0.2, 0) is 9.31 Å². The van der Waals surface area contributed by atoms with Crippen LogP contribution in [0.25, 0.3) is 0 Å². The van der Waals surface area contributed by atoms with Gasteiger partial charge in [-0.2, -0.15) is 0 Å². The molecular formula is C13H18BNO3. The summed E-state index contributed by atoms with van der Waals surface area (Å²) in [6.45, 7) is 2.37. The number of piperidine rings is 1. The van der Waals surface area contributed by atoms with E-state index in [0.29, 0.717) is 13.2 Å². The average molecular weight is 247 g/mol. The van der Waals surface area contributed by atoms with E-state index in [1.807, 2.05) is 30.3 Å². The molecule has 0 spiro atoms. The van der Waals surface area contributed by atoms with Crippen molar-refractivity contribution in [3.05, 3.63) is 30.3 Å². The van der Waals surface area contributed by atoms with Gasteiger partial charge in [0.05, 0.1) is 19.2 Å². The second-order valence-corrected chi connectivity index (χ2v) is 4.70. The third-order valence-electron chi connectivity index (χ3n) is 3.42. The summed E-state index contributed by atoms with van der Waals surface area (Å²) in [5.41, 5.74) is 0. The van der Waals surface area contributed by atoms with Crippen molar-refractivity contribution < 1.29 is 14.0 Å². The van der Waals surface area contributed by atoms with Crippen molar-refractivity contribution in [3.63, 3.8) is 0 Å². The van der Waals surface area contributed by atoms with Gasteiger partial charge in [-0.05, 0) is 31.5 Å². The molecule has 18 heavy (non-hydrogen) atoms. The molecule has 96 valence electrons. The number of nitrogens with one attached hydrogen (secondary N) is 1. The highest BCUT2D eigenvalue weighted by atomic mass is 16.6. The third kappa shape index (κ3) is 2.69. The number of rotatable bonds is 3. The fraction of sp³-hybridized carbons (Fsp3) is 0.538.